The smallest absolute Gasteiger partial charge is 0.303 e. The first-order chi connectivity index (χ1) is 12.2. The lowest BCUT2D eigenvalue weighted by Crippen LogP contribution is -2.66. The van der Waals surface area contributed by atoms with E-state index in [1.807, 2.05) is 13.8 Å². The van der Waals surface area contributed by atoms with E-state index < -0.39 is 40.7 Å². The van der Waals surface area contributed by atoms with Gasteiger partial charge in [-0.25, -0.2) is 0 Å². The van der Waals surface area contributed by atoms with Crippen LogP contribution in [0.3, 0.4) is 0 Å². The lowest BCUT2D eigenvalue weighted by molar-refractivity contribution is -0.233. The molecular weight excluding hydrogens is 340 g/mol. The number of aliphatic hydroxyl groups excluding tert-OH is 1. The monoisotopic (exact) mass is 366 g/mol. The second-order valence-corrected chi connectivity index (χ2v) is 8.33. The predicted octanol–water partition coefficient (Wildman–Crippen LogP) is 1.12. The van der Waals surface area contributed by atoms with Crippen LogP contribution >= 0.6 is 0 Å². The van der Waals surface area contributed by atoms with E-state index in [1.165, 1.54) is 19.4 Å². The summed E-state index contributed by atoms with van der Waals surface area (Å²) in [6.07, 6.45) is 0.896. The van der Waals surface area contributed by atoms with E-state index in [4.69, 9.17) is 18.9 Å². The molecule has 0 amide bonds. The van der Waals surface area contributed by atoms with Crippen LogP contribution in [0.2, 0.25) is 0 Å². The Bertz CT molecular complexity index is 681. The molecule has 2 heterocycles. The lowest BCUT2D eigenvalue weighted by atomic mass is 9.51. The second-order valence-electron chi connectivity index (χ2n) is 8.33. The number of ether oxygens (including phenoxy) is 4. The van der Waals surface area contributed by atoms with Gasteiger partial charge in [-0.2, -0.15) is 0 Å². The largest absolute Gasteiger partial charge is 0.465 e. The van der Waals surface area contributed by atoms with Crippen LogP contribution in [-0.4, -0.2) is 60.3 Å². The van der Waals surface area contributed by atoms with Gasteiger partial charge in [0.15, 0.2) is 0 Å². The van der Waals surface area contributed by atoms with Crippen molar-refractivity contribution in [2.75, 3.05) is 13.2 Å². The van der Waals surface area contributed by atoms with Crippen molar-refractivity contribution in [3.8, 4) is 0 Å². The highest BCUT2D eigenvalue weighted by molar-refractivity contribution is 5.67. The van der Waals surface area contributed by atoms with Crippen LogP contribution in [0.4, 0.5) is 0 Å². The molecule has 4 rings (SSSR count). The Morgan fingerprint density at radius 1 is 1.35 bits per heavy atom. The van der Waals surface area contributed by atoms with Gasteiger partial charge in [0, 0.05) is 19.3 Å². The van der Waals surface area contributed by atoms with E-state index in [1.54, 1.807) is 0 Å². The maximum atomic E-state index is 11.8. The van der Waals surface area contributed by atoms with E-state index in [9.17, 15) is 14.7 Å². The number of rotatable bonds is 3. The average Bonchev–Trinajstić information content (AvgIpc) is 3.34. The summed E-state index contributed by atoms with van der Waals surface area (Å²) in [7, 11) is 0. The standard InChI is InChI=1S/C19H26O7/c1-10-5-6-18(8-23-11(2)20)13(7-10)26-16-14(22)15(25-12(3)21)17(18,4)19(16)9-24-19/h7,13-16,22H,5-6,8-9H2,1-4H3/t13-,14+,15-,16-,17+,18+,19-/m0/s1. The SMILES string of the molecule is CC(=O)OC[C@]12CCC(C)=C[C@@H]1O[C@H]1[C@H](O)[C@H](OC(C)=O)[C@@]2(C)[C@]12CO2. The van der Waals surface area contributed by atoms with Gasteiger partial charge in [-0.15, -0.1) is 0 Å². The Morgan fingerprint density at radius 2 is 2.04 bits per heavy atom. The summed E-state index contributed by atoms with van der Waals surface area (Å²) < 4.78 is 23.3. The first-order valence-electron chi connectivity index (χ1n) is 9.13. The molecule has 7 nitrogen and oxygen atoms in total. The van der Waals surface area contributed by atoms with Gasteiger partial charge in [-0.05, 0) is 19.8 Å². The highest BCUT2D eigenvalue weighted by atomic mass is 16.7. The van der Waals surface area contributed by atoms with E-state index in [2.05, 4.69) is 6.08 Å². The minimum atomic E-state index is -0.986. The van der Waals surface area contributed by atoms with E-state index in [-0.39, 0.29) is 18.7 Å². The highest BCUT2D eigenvalue weighted by Gasteiger charge is 2.85. The highest BCUT2D eigenvalue weighted by Crippen LogP contribution is 2.72. The maximum Gasteiger partial charge on any atom is 0.303 e. The molecule has 3 fully saturated rings. The zero-order valence-electron chi connectivity index (χ0n) is 15.6. The van der Waals surface area contributed by atoms with Gasteiger partial charge >= 0.3 is 11.9 Å². The molecule has 26 heavy (non-hydrogen) atoms. The predicted molar refractivity (Wildman–Crippen MR) is 89.1 cm³/mol. The third kappa shape index (κ3) is 2.05. The van der Waals surface area contributed by atoms with Crippen molar-refractivity contribution in [2.45, 2.75) is 70.6 Å². The minimum Gasteiger partial charge on any atom is -0.465 e. The van der Waals surface area contributed by atoms with Gasteiger partial charge in [-0.3, -0.25) is 9.59 Å². The van der Waals surface area contributed by atoms with Gasteiger partial charge in [0.25, 0.3) is 0 Å². The summed E-state index contributed by atoms with van der Waals surface area (Å²) in [5.41, 5.74) is -0.890. The molecule has 1 N–H and O–H groups in total. The molecule has 0 aromatic rings. The molecule has 7 atom stereocenters. The van der Waals surface area contributed by atoms with Crippen LogP contribution in [0.15, 0.2) is 11.6 Å². The molecule has 0 unspecified atom stereocenters. The Balaban J connectivity index is 1.86. The van der Waals surface area contributed by atoms with Crippen molar-refractivity contribution >= 4 is 11.9 Å². The minimum absolute atomic E-state index is 0.135. The lowest BCUT2D eigenvalue weighted by Gasteiger charge is -2.58. The number of carbonyl (C=O) groups excluding carboxylic acids is 2. The summed E-state index contributed by atoms with van der Waals surface area (Å²) in [6.45, 7) is 7.31. The fraction of sp³-hybridized carbons (Fsp3) is 0.789. The molecule has 2 aliphatic heterocycles. The summed E-state index contributed by atoms with van der Waals surface area (Å²) in [5, 5.41) is 10.9. The number of hydrogen-bond acceptors (Lipinski definition) is 7. The molecule has 2 aliphatic carbocycles. The van der Waals surface area contributed by atoms with Crippen LogP contribution in [-0.2, 0) is 28.5 Å². The third-order valence-electron chi connectivity index (χ3n) is 7.08. The van der Waals surface area contributed by atoms with Crippen molar-refractivity contribution in [1.29, 1.82) is 0 Å². The fourth-order valence-corrected chi connectivity index (χ4v) is 5.60. The Kier molecular flexibility index (Phi) is 3.82. The van der Waals surface area contributed by atoms with Gasteiger partial charge in [0.2, 0.25) is 0 Å². The van der Waals surface area contributed by atoms with Crippen molar-refractivity contribution in [2.24, 2.45) is 10.8 Å². The van der Waals surface area contributed by atoms with Crippen LogP contribution in [0.5, 0.6) is 0 Å². The zero-order chi connectivity index (χ0) is 18.9. The van der Waals surface area contributed by atoms with E-state index in [0.29, 0.717) is 13.0 Å². The molecule has 0 aromatic heterocycles. The molecular formula is C19H26O7. The average molecular weight is 366 g/mol. The van der Waals surface area contributed by atoms with Gasteiger partial charge < -0.3 is 24.1 Å². The van der Waals surface area contributed by atoms with Crippen LogP contribution in [0.1, 0.15) is 40.5 Å². The van der Waals surface area contributed by atoms with Gasteiger partial charge in [-0.1, -0.05) is 18.6 Å². The Labute approximate surface area is 152 Å². The first-order valence-corrected chi connectivity index (χ1v) is 9.13. The van der Waals surface area contributed by atoms with Crippen molar-refractivity contribution in [1.82, 2.24) is 0 Å². The Morgan fingerprint density at radius 3 is 2.62 bits per heavy atom. The summed E-state index contributed by atoms with van der Waals surface area (Å²) >= 11 is 0. The molecule has 1 saturated carbocycles. The molecule has 144 valence electrons. The Hall–Kier alpha value is -1.44. The summed E-state index contributed by atoms with van der Waals surface area (Å²) in [6, 6.07) is 0. The number of epoxide rings is 1. The summed E-state index contributed by atoms with van der Waals surface area (Å²) in [5.74, 6) is -0.830. The number of esters is 2. The van der Waals surface area contributed by atoms with Gasteiger partial charge in [0.05, 0.1) is 18.1 Å². The number of allylic oxidation sites excluding steroid dienone is 1. The maximum absolute atomic E-state index is 11.8. The van der Waals surface area contributed by atoms with E-state index >= 15 is 0 Å². The molecule has 7 heteroatoms. The quantitative estimate of drug-likeness (QED) is 0.454. The third-order valence-corrected chi connectivity index (χ3v) is 7.08. The topological polar surface area (TPSA) is 94.6 Å². The first kappa shape index (κ1) is 17.9. The fourth-order valence-electron chi connectivity index (χ4n) is 5.60. The molecule has 1 spiro atoms. The van der Waals surface area contributed by atoms with Crippen LogP contribution in [0.25, 0.3) is 0 Å². The number of aliphatic hydroxyl groups is 1. The van der Waals surface area contributed by atoms with Crippen molar-refractivity contribution < 1.29 is 33.6 Å². The van der Waals surface area contributed by atoms with Crippen LogP contribution in [0, 0.1) is 10.8 Å². The van der Waals surface area contributed by atoms with Gasteiger partial charge in [0.1, 0.15) is 30.5 Å². The zero-order valence-corrected chi connectivity index (χ0v) is 15.6. The molecule has 2 bridgehead atoms. The molecule has 4 aliphatic rings. The second kappa shape index (κ2) is 5.53. The van der Waals surface area contributed by atoms with Crippen molar-refractivity contribution in [3.63, 3.8) is 0 Å². The number of fused-ring (bicyclic) bond motifs is 2. The normalized spacial score (nSPS) is 48.6. The van der Waals surface area contributed by atoms with Crippen LogP contribution < -0.4 is 0 Å². The number of carbonyl (C=O) groups is 2. The molecule has 2 saturated heterocycles. The van der Waals surface area contributed by atoms with Crippen molar-refractivity contribution in [3.05, 3.63) is 11.6 Å². The van der Waals surface area contributed by atoms with E-state index in [0.717, 1.165) is 6.42 Å². The molecule has 0 aromatic carbocycles. The number of hydrogen-bond donors (Lipinski definition) is 1. The summed E-state index contributed by atoms with van der Waals surface area (Å²) in [4.78, 5) is 23.4. The molecule has 0 radical (unpaired) electrons.